The Kier molecular flexibility index (Phi) is 5.47. The van der Waals surface area contributed by atoms with E-state index in [1.165, 1.54) is 11.2 Å². The Hall–Kier alpha value is -2.62. The third kappa shape index (κ3) is 3.56. The number of ether oxygens (including phenoxy) is 1. The van der Waals surface area contributed by atoms with E-state index in [4.69, 9.17) is 21.2 Å². The fourth-order valence-corrected chi connectivity index (χ4v) is 4.83. The van der Waals surface area contributed by atoms with Crippen LogP contribution in [0.1, 0.15) is 6.42 Å². The number of fused-ring (bicyclic) bond motifs is 1. The number of hydrogen-bond acceptors (Lipinski definition) is 8. The van der Waals surface area contributed by atoms with E-state index >= 15 is 0 Å². The minimum atomic E-state index is 0.377. The molecule has 4 N–H and O–H groups in total. The van der Waals surface area contributed by atoms with Crippen LogP contribution in [0, 0.1) is 0 Å². The number of aryl methyl sites for hydroxylation is 1. The molecule has 0 atom stereocenters. The van der Waals surface area contributed by atoms with Gasteiger partial charge in [-0.05, 0) is 42.6 Å². The van der Waals surface area contributed by atoms with E-state index in [1.54, 1.807) is 30.2 Å². The molecule has 28 heavy (non-hydrogen) atoms. The number of thiophene rings is 1. The van der Waals surface area contributed by atoms with Crippen LogP contribution in [-0.2, 0) is 6.54 Å². The van der Waals surface area contributed by atoms with Crippen molar-refractivity contribution in [3.63, 3.8) is 0 Å². The van der Waals surface area contributed by atoms with Gasteiger partial charge in [0.1, 0.15) is 12.1 Å². The molecule has 1 aromatic carbocycles. The average molecular weight is 413 g/mol. The topological polar surface area (TPSA) is 105 Å². The molecular weight excluding hydrogens is 392 g/mol. The first kappa shape index (κ1) is 18.7. The number of hydrogen-bond donors (Lipinski definition) is 2. The Balaban J connectivity index is 1.82. The molecule has 0 spiro atoms. The van der Waals surface area contributed by atoms with Crippen molar-refractivity contribution in [2.24, 2.45) is 5.73 Å². The van der Waals surface area contributed by atoms with E-state index in [0.29, 0.717) is 24.4 Å². The van der Waals surface area contributed by atoms with Gasteiger partial charge in [0.05, 0.1) is 7.11 Å². The van der Waals surface area contributed by atoms with E-state index in [1.807, 2.05) is 18.2 Å². The molecule has 0 saturated carbocycles. The van der Waals surface area contributed by atoms with E-state index in [9.17, 15) is 0 Å². The van der Waals surface area contributed by atoms with Crippen LogP contribution in [0.5, 0.6) is 5.75 Å². The number of benzene rings is 1. The number of nitrogen functional groups attached to an aromatic ring is 1. The predicted molar refractivity (Wildman–Crippen MR) is 114 cm³/mol. The third-order valence-electron chi connectivity index (χ3n) is 4.29. The monoisotopic (exact) mass is 412 g/mol. The summed E-state index contributed by atoms with van der Waals surface area (Å²) in [4.78, 5) is 15.4. The van der Waals surface area contributed by atoms with E-state index in [0.717, 1.165) is 33.4 Å². The van der Waals surface area contributed by atoms with Gasteiger partial charge in [-0.15, -0.1) is 11.3 Å². The van der Waals surface area contributed by atoms with Crippen LogP contribution in [0.3, 0.4) is 0 Å². The maximum absolute atomic E-state index is 6.03. The summed E-state index contributed by atoms with van der Waals surface area (Å²) < 4.78 is 7.50. The highest BCUT2D eigenvalue weighted by Crippen LogP contribution is 2.40. The van der Waals surface area contributed by atoms with E-state index in [2.05, 4.69) is 32.0 Å². The highest BCUT2D eigenvalue weighted by Gasteiger charge is 2.18. The van der Waals surface area contributed by atoms with Crippen molar-refractivity contribution in [1.29, 1.82) is 0 Å². The summed E-state index contributed by atoms with van der Waals surface area (Å²) in [6.45, 7) is 1.30. The number of methoxy groups -OCH3 is 1. The number of rotatable bonds is 7. The first-order chi connectivity index (χ1) is 13.7. The highest BCUT2D eigenvalue weighted by atomic mass is 32.2. The van der Waals surface area contributed by atoms with Gasteiger partial charge in [-0.1, -0.05) is 17.8 Å². The molecule has 0 unspecified atom stereocenters. The van der Waals surface area contributed by atoms with Gasteiger partial charge in [-0.25, -0.2) is 15.0 Å². The third-order valence-corrected chi connectivity index (χ3v) is 6.24. The maximum atomic E-state index is 6.03. The lowest BCUT2D eigenvalue weighted by molar-refractivity contribution is 0.414. The van der Waals surface area contributed by atoms with Crippen molar-refractivity contribution in [2.75, 3.05) is 19.4 Å². The van der Waals surface area contributed by atoms with Crippen molar-refractivity contribution in [1.82, 2.24) is 19.5 Å². The lowest BCUT2D eigenvalue weighted by atomic mass is 10.2. The summed E-state index contributed by atoms with van der Waals surface area (Å²) >= 11 is 3.27. The second kappa shape index (κ2) is 8.17. The Labute approximate surface area is 170 Å². The quantitative estimate of drug-likeness (QED) is 0.477. The summed E-state index contributed by atoms with van der Waals surface area (Å²) in [5.74, 6) is 1.18. The maximum Gasteiger partial charge on any atom is 0.175 e. The van der Waals surface area contributed by atoms with Crippen LogP contribution in [0.2, 0.25) is 0 Å². The lowest BCUT2D eigenvalue weighted by Crippen LogP contribution is -2.07. The van der Waals surface area contributed by atoms with Crippen LogP contribution in [-0.4, -0.2) is 33.2 Å². The largest absolute Gasteiger partial charge is 0.497 e. The molecular formula is C19H20N6OS2. The highest BCUT2D eigenvalue weighted by molar-refractivity contribution is 7.99. The molecule has 7 nitrogen and oxygen atoms in total. The summed E-state index contributed by atoms with van der Waals surface area (Å²) in [6.07, 6.45) is 2.29. The standard InChI is InChI=1S/C19H20N6OS2/c1-26-12-5-6-13(14-4-2-9-27-14)15(10-12)28-19-24-16-17(21)22-11-23-18(16)25(19)8-3-7-20/h2,4-6,9-11H,3,7-8,20H2,1H3,(H2,21,22,23). The average Bonchev–Trinajstić information content (AvgIpc) is 3.35. The lowest BCUT2D eigenvalue weighted by Gasteiger charge is -2.11. The van der Waals surface area contributed by atoms with Crippen LogP contribution in [0.4, 0.5) is 5.82 Å². The van der Waals surface area contributed by atoms with Crippen LogP contribution in [0.25, 0.3) is 21.6 Å². The molecule has 0 aliphatic carbocycles. The number of imidazole rings is 1. The van der Waals surface area contributed by atoms with Gasteiger partial charge in [-0.3, -0.25) is 0 Å². The van der Waals surface area contributed by atoms with Gasteiger partial charge < -0.3 is 20.8 Å². The molecule has 3 heterocycles. The molecule has 0 saturated heterocycles. The van der Waals surface area contributed by atoms with Gasteiger partial charge >= 0.3 is 0 Å². The Morgan fingerprint density at radius 2 is 2.14 bits per heavy atom. The first-order valence-electron chi connectivity index (χ1n) is 8.78. The number of nitrogens with zero attached hydrogens (tertiary/aromatic N) is 4. The summed E-state index contributed by atoms with van der Waals surface area (Å²) in [5, 5.41) is 2.88. The molecule has 0 aliphatic rings. The number of anilines is 1. The van der Waals surface area contributed by atoms with Crippen molar-refractivity contribution >= 4 is 40.1 Å². The van der Waals surface area contributed by atoms with Gasteiger partial charge in [0.2, 0.25) is 0 Å². The van der Waals surface area contributed by atoms with Crippen molar-refractivity contribution < 1.29 is 4.74 Å². The van der Waals surface area contributed by atoms with Crippen molar-refractivity contribution in [3.05, 3.63) is 42.0 Å². The molecule has 4 rings (SSSR count). The minimum Gasteiger partial charge on any atom is -0.497 e. The number of aromatic nitrogens is 4. The summed E-state index contributed by atoms with van der Waals surface area (Å²) in [7, 11) is 1.67. The number of nitrogens with two attached hydrogens (primary N) is 2. The second-order valence-electron chi connectivity index (χ2n) is 6.06. The van der Waals surface area contributed by atoms with Gasteiger partial charge in [-0.2, -0.15) is 0 Å². The zero-order valence-electron chi connectivity index (χ0n) is 15.3. The molecule has 9 heteroatoms. The zero-order chi connectivity index (χ0) is 19.5. The smallest absolute Gasteiger partial charge is 0.175 e. The molecule has 0 amide bonds. The van der Waals surface area contributed by atoms with Crippen LogP contribution < -0.4 is 16.2 Å². The normalized spacial score (nSPS) is 11.2. The SMILES string of the molecule is COc1ccc(-c2cccs2)c(Sc2nc3c(N)ncnc3n2CCCN)c1. The Morgan fingerprint density at radius 3 is 2.89 bits per heavy atom. The molecule has 3 aromatic heterocycles. The zero-order valence-corrected chi connectivity index (χ0v) is 17.0. The van der Waals surface area contributed by atoms with Crippen molar-refractivity contribution in [3.8, 4) is 16.2 Å². The van der Waals surface area contributed by atoms with Gasteiger partial charge in [0.15, 0.2) is 22.1 Å². The van der Waals surface area contributed by atoms with Gasteiger partial charge in [0, 0.05) is 21.9 Å². The summed E-state index contributed by atoms with van der Waals surface area (Å²) in [5.41, 5.74) is 14.2. The second-order valence-corrected chi connectivity index (χ2v) is 8.02. The Morgan fingerprint density at radius 1 is 1.25 bits per heavy atom. The Bertz CT molecular complexity index is 1090. The molecule has 4 aromatic rings. The first-order valence-corrected chi connectivity index (χ1v) is 10.5. The van der Waals surface area contributed by atoms with E-state index in [-0.39, 0.29) is 0 Å². The van der Waals surface area contributed by atoms with E-state index < -0.39 is 0 Å². The molecule has 0 bridgehead atoms. The minimum absolute atomic E-state index is 0.377. The van der Waals surface area contributed by atoms with Crippen molar-refractivity contribution in [2.45, 2.75) is 23.0 Å². The molecule has 0 fully saturated rings. The fraction of sp³-hybridized carbons (Fsp3) is 0.211. The predicted octanol–water partition coefficient (Wildman–Crippen LogP) is 3.65. The van der Waals surface area contributed by atoms with Gasteiger partial charge in [0.25, 0.3) is 0 Å². The fourth-order valence-electron chi connectivity index (χ4n) is 2.91. The van der Waals surface area contributed by atoms with Crippen LogP contribution >= 0.6 is 23.1 Å². The summed E-state index contributed by atoms with van der Waals surface area (Å²) in [6, 6.07) is 10.2. The molecule has 144 valence electrons. The van der Waals surface area contributed by atoms with Crippen LogP contribution in [0.15, 0.2) is 52.1 Å². The molecule has 0 aliphatic heterocycles. The molecule has 0 radical (unpaired) electrons.